The summed E-state index contributed by atoms with van der Waals surface area (Å²) in [6.45, 7) is 6.97. The molecule has 0 saturated heterocycles. The van der Waals surface area contributed by atoms with Crippen LogP contribution in [0.1, 0.15) is 13.3 Å². The van der Waals surface area contributed by atoms with Crippen molar-refractivity contribution in [3.05, 3.63) is 24.3 Å². The molecule has 0 unspecified atom stereocenters. The number of rotatable bonds is 1. The van der Waals surface area contributed by atoms with Gasteiger partial charge in [-0.15, -0.1) is 0 Å². The Morgan fingerprint density at radius 2 is 1.70 bits per heavy atom. The normalized spacial score (nSPS) is 22.0. The largest absolute Gasteiger partial charge is 0.0990 e. The predicted molar refractivity (Wildman–Crippen MR) is 50.1 cm³/mol. The second-order valence-electron chi connectivity index (χ2n) is 3.16. The third-order valence-electron chi connectivity index (χ3n) is 2.15. The summed E-state index contributed by atoms with van der Waals surface area (Å²) in [5.74, 6) is 0. The molecule has 10 heavy (non-hydrogen) atoms. The van der Waals surface area contributed by atoms with E-state index in [0.717, 1.165) is 6.42 Å². The Hall–Kier alpha value is -0.0900. The van der Waals surface area contributed by atoms with Crippen LogP contribution in [0.3, 0.4) is 0 Å². The molecule has 1 rings (SSSR count). The van der Waals surface area contributed by atoms with E-state index in [1.54, 1.807) is 0 Å². The molecule has 0 atom stereocenters. The SMILES string of the molecule is CP(C)C1(C)C=CCC=C1. The first-order chi connectivity index (χ1) is 4.65. The third kappa shape index (κ3) is 1.49. The second kappa shape index (κ2) is 2.88. The van der Waals surface area contributed by atoms with Gasteiger partial charge in [0.25, 0.3) is 0 Å². The lowest BCUT2D eigenvalue weighted by atomic mass is 10.1. The lowest BCUT2D eigenvalue weighted by Crippen LogP contribution is -2.16. The van der Waals surface area contributed by atoms with Gasteiger partial charge in [0.05, 0.1) is 0 Å². The van der Waals surface area contributed by atoms with Gasteiger partial charge in [0.15, 0.2) is 0 Å². The summed E-state index contributed by atoms with van der Waals surface area (Å²) in [7, 11) is 0.126. The van der Waals surface area contributed by atoms with Crippen molar-refractivity contribution in [3.63, 3.8) is 0 Å². The Morgan fingerprint density at radius 3 is 2.00 bits per heavy atom. The van der Waals surface area contributed by atoms with Gasteiger partial charge in [0, 0.05) is 5.16 Å². The molecule has 0 saturated carbocycles. The molecule has 0 aromatic heterocycles. The maximum absolute atomic E-state index is 2.35. The zero-order valence-corrected chi connectivity index (χ0v) is 7.86. The average Bonchev–Trinajstić information content (AvgIpc) is 1.89. The van der Waals surface area contributed by atoms with Crippen molar-refractivity contribution in [2.24, 2.45) is 0 Å². The molecule has 0 nitrogen and oxygen atoms in total. The van der Waals surface area contributed by atoms with Crippen LogP contribution in [0.5, 0.6) is 0 Å². The summed E-state index contributed by atoms with van der Waals surface area (Å²) in [6, 6.07) is 0. The molecule has 0 spiro atoms. The summed E-state index contributed by atoms with van der Waals surface area (Å²) in [5.41, 5.74) is 0. The molecule has 0 bridgehead atoms. The molecule has 0 fully saturated rings. The van der Waals surface area contributed by atoms with E-state index in [0.29, 0.717) is 5.16 Å². The number of hydrogen-bond acceptors (Lipinski definition) is 0. The molecule has 1 heteroatoms. The summed E-state index contributed by atoms with van der Waals surface area (Å²) >= 11 is 0. The first-order valence-electron chi connectivity index (χ1n) is 3.68. The van der Waals surface area contributed by atoms with E-state index in [1.807, 2.05) is 0 Å². The Bertz CT molecular complexity index is 154. The first kappa shape index (κ1) is 8.01. The van der Waals surface area contributed by atoms with Gasteiger partial charge in [-0.2, -0.15) is 0 Å². The van der Waals surface area contributed by atoms with Crippen molar-refractivity contribution < 1.29 is 0 Å². The van der Waals surface area contributed by atoms with Gasteiger partial charge in [0.1, 0.15) is 0 Å². The summed E-state index contributed by atoms with van der Waals surface area (Å²) in [6.07, 6.45) is 10.3. The topological polar surface area (TPSA) is 0 Å². The zero-order valence-electron chi connectivity index (χ0n) is 6.96. The number of allylic oxidation sites excluding steroid dienone is 4. The number of hydrogen-bond donors (Lipinski definition) is 0. The van der Waals surface area contributed by atoms with Crippen LogP contribution < -0.4 is 0 Å². The lowest BCUT2D eigenvalue weighted by Gasteiger charge is -2.29. The highest BCUT2D eigenvalue weighted by atomic mass is 31.1. The summed E-state index contributed by atoms with van der Waals surface area (Å²) in [5, 5.41) is 0.383. The molecule has 0 radical (unpaired) electrons. The molecule has 56 valence electrons. The Kier molecular flexibility index (Phi) is 2.31. The standard InChI is InChI=1S/C9H15P/c1-9(10(2)3)7-5-4-6-8-9/h5-8H,4H2,1-3H3. The lowest BCUT2D eigenvalue weighted by molar-refractivity contribution is 0.956. The van der Waals surface area contributed by atoms with Crippen LogP contribution in [0.2, 0.25) is 0 Å². The molecule has 0 amide bonds. The van der Waals surface area contributed by atoms with E-state index in [1.165, 1.54) is 0 Å². The van der Waals surface area contributed by atoms with E-state index < -0.39 is 0 Å². The average molecular weight is 154 g/mol. The zero-order chi connectivity index (χ0) is 7.61. The van der Waals surface area contributed by atoms with E-state index >= 15 is 0 Å². The van der Waals surface area contributed by atoms with Gasteiger partial charge in [-0.05, 0) is 26.7 Å². The smallest absolute Gasteiger partial charge is 0.0229 e. The van der Waals surface area contributed by atoms with Gasteiger partial charge in [-0.25, -0.2) is 0 Å². The summed E-state index contributed by atoms with van der Waals surface area (Å²) in [4.78, 5) is 0. The van der Waals surface area contributed by atoms with E-state index in [9.17, 15) is 0 Å². The van der Waals surface area contributed by atoms with E-state index in [2.05, 4.69) is 44.6 Å². The molecule has 1 aliphatic carbocycles. The highest BCUT2D eigenvalue weighted by Gasteiger charge is 2.21. The van der Waals surface area contributed by atoms with Crippen LogP contribution >= 0.6 is 7.92 Å². The van der Waals surface area contributed by atoms with Crippen LogP contribution in [0.25, 0.3) is 0 Å². The van der Waals surface area contributed by atoms with Gasteiger partial charge < -0.3 is 0 Å². The van der Waals surface area contributed by atoms with Crippen molar-refractivity contribution in [1.82, 2.24) is 0 Å². The molecule has 0 aromatic carbocycles. The molecule has 0 N–H and O–H groups in total. The van der Waals surface area contributed by atoms with E-state index in [4.69, 9.17) is 0 Å². The van der Waals surface area contributed by atoms with Crippen molar-refractivity contribution in [1.29, 1.82) is 0 Å². The highest BCUT2D eigenvalue weighted by Crippen LogP contribution is 2.46. The van der Waals surface area contributed by atoms with Gasteiger partial charge >= 0.3 is 0 Å². The highest BCUT2D eigenvalue weighted by molar-refractivity contribution is 7.58. The maximum atomic E-state index is 2.35. The van der Waals surface area contributed by atoms with Crippen LogP contribution in [0, 0.1) is 0 Å². The predicted octanol–water partition coefficient (Wildman–Crippen LogP) is 3.00. The molecular formula is C9H15P. The van der Waals surface area contributed by atoms with Crippen molar-refractivity contribution in [3.8, 4) is 0 Å². The fourth-order valence-corrected chi connectivity index (χ4v) is 1.85. The minimum Gasteiger partial charge on any atom is -0.0990 e. The van der Waals surface area contributed by atoms with E-state index in [-0.39, 0.29) is 7.92 Å². The maximum Gasteiger partial charge on any atom is 0.0229 e. The Balaban J connectivity index is 2.75. The fraction of sp³-hybridized carbons (Fsp3) is 0.556. The minimum atomic E-state index is 0.126. The molecule has 0 heterocycles. The third-order valence-corrected chi connectivity index (χ3v) is 4.37. The molecular weight excluding hydrogens is 139 g/mol. The fourth-order valence-electron chi connectivity index (χ4n) is 1.05. The van der Waals surface area contributed by atoms with Gasteiger partial charge in [-0.3, -0.25) is 0 Å². The van der Waals surface area contributed by atoms with Crippen molar-refractivity contribution >= 4 is 7.92 Å². The molecule has 0 aliphatic heterocycles. The van der Waals surface area contributed by atoms with Crippen LogP contribution in [-0.4, -0.2) is 18.5 Å². The van der Waals surface area contributed by atoms with Crippen LogP contribution in [0.4, 0.5) is 0 Å². The van der Waals surface area contributed by atoms with Crippen LogP contribution in [-0.2, 0) is 0 Å². The van der Waals surface area contributed by atoms with Crippen molar-refractivity contribution in [2.45, 2.75) is 18.5 Å². The first-order valence-corrected chi connectivity index (χ1v) is 5.91. The van der Waals surface area contributed by atoms with Gasteiger partial charge in [0.2, 0.25) is 0 Å². The molecule has 0 aromatic rings. The van der Waals surface area contributed by atoms with Crippen molar-refractivity contribution in [2.75, 3.05) is 13.3 Å². The summed E-state index contributed by atoms with van der Waals surface area (Å²) < 4.78 is 0. The molecule has 1 aliphatic rings. The minimum absolute atomic E-state index is 0.126. The van der Waals surface area contributed by atoms with Gasteiger partial charge in [-0.1, -0.05) is 32.2 Å². The quantitative estimate of drug-likeness (QED) is 0.402. The Morgan fingerprint density at radius 1 is 1.20 bits per heavy atom. The van der Waals surface area contributed by atoms with Crippen LogP contribution in [0.15, 0.2) is 24.3 Å². The Labute approximate surface area is 64.8 Å². The second-order valence-corrected chi connectivity index (χ2v) is 5.91. The monoisotopic (exact) mass is 154 g/mol.